The minimum absolute atomic E-state index is 0.0333. The Kier molecular flexibility index (Phi) is 6.45. The summed E-state index contributed by atoms with van der Waals surface area (Å²) in [5.74, 6) is -0.0969. The third-order valence-electron chi connectivity index (χ3n) is 6.13. The molecular weight excluding hydrogens is 412 g/mol. The maximum Gasteiger partial charge on any atom is 0.252 e. The Morgan fingerprint density at radius 1 is 0.970 bits per heavy atom. The fraction of sp³-hybridized carbons (Fsp3) is 0.296. The molecule has 33 heavy (non-hydrogen) atoms. The van der Waals surface area contributed by atoms with Crippen molar-refractivity contribution in [2.75, 3.05) is 6.54 Å². The number of hydrogen-bond acceptors (Lipinski definition) is 3. The summed E-state index contributed by atoms with van der Waals surface area (Å²) in [5.41, 5.74) is 5.32. The molecule has 4 rings (SSSR count). The van der Waals surface area contributed by atoms with Crippen LogP contribution in [0.3, 0.4) is 0 Å². The number of likely N-dealkylation sites (N-methyl/N-ethyl adjacent to an activating group) is 1. The maximum absolute atomic E-state index is 13.3. The number of nitrogens with zero attached hydrogens (tertiary/aromatic N) is 4. The smallest absolute Gasteiger partial charge is 0.252 e. The molecule has 0 atom stereocenters. The highest BCUT2D eigenvalue weighted by molar-refractivity contribution is 5.85. The van der Waals surface area contributed by atoms with Gasteiger partial charge in [-0.15, -0.1) is 0 Å². The minimum Gasteiger partial charge on any atom is -0.337 e. The zero-order valence-electron chi connectivity index (χ0n) is 19.7. The first-order valence-corrected chi connectivity index (χ1v) is 11.4. The lowest BCUT2D eigenvalue weighted by Crippen LogP contribution is -2.36. The number of carbonyl (C=O) groups excluding carboxylic acids is 1. The first-order chi connectivity index (χ1) is 15.9. The van der Waals surface area contributed by atoms with Crippen LogP contribution >= 0.6 is 0 Å². The second-order valence-electron chi connectivity index (χ2n) is 8.36. The van der Waals surface area contributed by atoms with E-state index in [2.05, 4.69) is 19.1 Å². The van der Waals surface area contributed by atoms with Crippen LogP contribution in [0, 0.1) is 13.8 Å². The fourth-order valence-electron chi connectivity index (χ4n) is 4.29. The number of aromatic nitrogens is 3. The molecule has 2 aromatic heterocycles. The molecule has 0 saturated heterocycles. The van der Waals surface area contributed by atoms with E-state index in [1.165, 1.54) is 5.56 Å². The number of pyridine rings is 1. The van der Waals surface area contributed by atoms with E-state index in [0.717, 1.165) is 34.3 Å². The number of aryl methyl sites for hydroxylation is 3. The molecule has 0 spiro atoms. The van der Waals surface area contributed by atoms with Gasteiger partial charge < -0.3 is 4.90 Å². The first-order valence-electron chi connectivity index (χ1n) is 11.4. The lowest BCUT2D eigenvalue weighted by molar-refractivity contribution is -0.132. The van der Waals surface area contributed by atoms with Crippen molar-refractivity contribution < 1.29 is 4.79 Å². The van der Waals surface area contributed by atoms with Crippen LogP contribution in [0.1, 0.15) is 36.2 Å². The molecule has 0 bridgehead atoms. The molecule has 2 heterocycles. The van der Waals surface area contributed by atoms with E-state index in [1.54, 1.807) is 20.2 Å². The summed E-state index contributed by atoms with van der Waals surface area (Å²) in [6.07, 6.45) is 0.950. The predicted octanol–water partition coefficient (Wildman–Crippen LogP) is 4.42. The highest BCUT2D eigenvalue weighted by Gasteiger charge is 2.21. The van der Waals surface area contributed by atoms with Crippen molar-refractivity contribution in [1.82, 2.24) is 19.2 Å². The first kappa shape index (κ1) is 22.5. The zero-order chi connectivity index (χ0) is 23.5. The second kappa shape index (κ2) is 9.45. The highest BCUT2D eigenvalue weighted by atomic mass is 16.2. The molecule has 0 aliphatic carbocycles. The topological polar surface area (TPSA) is 60.1 Å². The van der Waals surface area contributed by atoms with Crippen molar-refractivity contribution in [3.8, 4) is 5.69 Å². The molecule has 6 nitrogen and oxygen atoms in total. The van der Waals surface area contributed by atoms with Crippen LogP contribution in [0.4, 0.5) is 0 Å². The third kappa shape index (κ3) is 4.46. The fourth-order valence-corrected chi connectivity index (χ4v) is 4.29. The van der Waals surface area contributed by atoms with Gasteiger partial charge in [-0.1, -0.05) is 49.4 Å². The Balaban J connectivity index is 1.78. The van der Waals surface area contributed by atoms with Crippen LogP contribution in [0.2, 0.25) is 0 Å². The van der Waals surface area contributed by atoms with Crippen LogP contribution in [0.5, 0.6) is 0 Å². The molecule has 1 amide bonds. The van der Waals surface area contributed by atoms with Gasteiger partial charge in [0, 0.05) is 24.5 Å². The van der Waals surface area contributed by atoms with Crippen molar-refractivity contribution >= 4 is 16.9 Å². The standard InChI is InChI=1S/C27H30N4O2/c1-5-21-12-14-23(15-13-21)31-27-26(20(4)28-31)19(3)16-24(32)30(27)18-25(33)29(6-2)17-22-10-8-7-9-11-22/h7-16H,5-6,17-18H2,1-4H3. The number of carbonyl (C=O) groups is 1. The quantitative estimate of drug-likeness (QED) is 0.426. The Bertz CT molecular complexity index is 1330. The number of hydrogen-bond donors (Lipinski definition) is 0. The van der Waals surface area contributed by atoms with Gasteiger partial charge in [0.05, 0.1) is 11.4 Å². The zero-order valence-corrected chi connectivity index (χ0v) is 19.7. The second-order valence-corrected chi connectivity index (χ2v) is 8.36. The maximum atomic E-state index is 13.3. The molecule has 0 aliphatic heterocycles. The van der Waals surface area contributed by atoms with Crippen LogP contribution in [-0.4, -0.2) is 31.7 Å². The molecule has 0 saturated carbocycles. The monoisotopic (exact) mass is 442 g/mol. The molecule has 6 heteroatoms. The summed E-state index contributed by atoms with van der Waals surface area (Å²) < 4.78 is 3.35. The van der Waals surface area contributed by atoms with Crippen molar-refractivity contribution in [2.45, 2.75) is 47.2 Å². The van der Waals surface area contributed by atoms with Gasteiger partial charge in [-0.3, -0.25) is 14.2 Å². The average Bonchev–Trinajstić information content (AvgIpc) is 3.18. The van der Waals surface area contributed by atoms with Crippen LogP contribution < -0.4 is 5.56 Å². The number of fused-ring (bicyclic) bond motifs is 1. The van der Waals surface area contributed by atoms with Gasteiger partial charge in [-0.25, -0.2) is 4.68 Å². The molecule has 0 N–H and O–H groups in total. The molecule has 0 fully saturated rings. The Hall–Kier alpha value is -3.67. The molecule has 0 unspecified atom stereocenters. The Labute approximate surface area is 194 Å². The SMILES string of the molecule is CCc1ccc(-n2nc(C)c3c(C)cc(=O)n(CC(=O)N(CC)Cc4ccccc4)c32)cc1. The van der Waals surface area contributed by atoms with Crippen LogP contribution in [-0.2, 0) is 24.3 Å². The van der Waals surface area contributed by atoms with E-state index in [1.807, 2.05) is 63.2 Å². The number of benzene rings is 2. The number of rotatable bonds is 7. The van der Waals surface area contributed by atoms with Gasteiger partial charge >= 0.3 is 0 Å². The van der Waals surface area contributed by atoms with Crippen LogP contribution in [0.15, 0.2) is 65.5 Å². The van der Waals surface area contributed by atoms with E-state index in [0.29, 0.717) is 18.7 Å². The van der Waals surface area contributed by atoms with E-state index < -0.39 is 0 Å². The number of amides is 1. The molecule has 2 aromatic carbocycles. The van der Waals surface area contributed by atoms with E-state index in [-0.39, 0.29) is 18.0 Å². The predicted molar refractivity (Wildman–Crippen MR) is 132 cm³/mol. The summed E-state index contributed by atoms with van der Waals surface area (Å²) in [6, 6.07) is 19.7. The van der Waals surface area contributed by atoms with Gasteiger partial charge in [0.1, 0.15) is 12.2 Å². The molecule has 0 radical (unpaired) electrons. The Morgan fingerprint density at radius 3 is 2.30 bits per heavy atom. The van der Waals surface area contributed by atoms with Crippen molar-refractivity contribution in [2.24, 2.45) is 0 Å². The third-order valence-corrected chi connectivity index (χ3v) is 6.13. The summed E-state index contributed by atoms with van der Waals surface area (Å²) in [4.78, 5) is 28.2. The summed E-state index contributed by atoms with van der Waals surface area (Å²) >= 11 is 0. The van der Waals surface area contributed by atoms with Gasteiger partial charge in [0.25, 0.3) is 5.56 Å². The van der Waals surface area contributed by atoms with Gasteiger partial charge in [0.15, 0.2) is 0 Å². The van der Waals surface area contributed by atoms with Crippen molar-refractivity contribution in [1.29, 1.82) is 0 Å². The van der Waals surface area contributed by atoms with Gasteiger partial charge in [-0.05, 0) is 56.0 Å². The molecule has 170 valence electrons. The average molecular weight is 443 g/mol. The molecule has 4 aromatic rings. The lowest BCUT2D eigenvalue weighted by atomic mass is 10.1. The minimum atomic E-state index is -0.199. The Morgan fingerprint density at radius 2 is 1.67 bits per heavy atom. The normalized spacial score (nSPS) is 11.2. The highest BCUT2D eigenvalue weighted by Crippen LogP contribution is 2.24. The van der Waals surface area contributed by atoms with Crippen LogP contribution in [0.25, 0.3) is 16.7 Å². The summed E-state index contributed by atoms with van der Waals surface area (Å²) in [5, 5.41) is 5.66. The van der Waals surface area contributed by atoms with E-state index >= 15 is 0 Å². The molecular formula is C27H30N4O2. The van der Waals surface area contributed by atoms with Crippen molar-refractivity contribution in [3.63, 3.8) is 0 Å². The summed E-state index contributed by atoms with van der Waals surface area (Å²) in [7, 11) is 0. The largest absolute Gasteiger partial charge is 0.337 e. The molecule has 0 aliphatic rings. The van der Waals surface area contributed by atoms with Gasteiger partial charge in [-0.2, -0.15) is 5.10 Å². The van der Waals surface area contributed by atoms with Crippen molar-refractivity contribution in [3.05, 3.63) is 93.4 Å². The van der Waals surface area contributed by atoms with Gasteiger partial charge in [0.2, 0.25) is 5.91 Å². The summed E-state index contributed by atoms with van der Waals surface area (Å²) in [6.45, 7) is 8.97. The van der Waals surface area contributed by atoms with E-state index in [4.69, 9.17) is 5.10 Å². The van der Waals surface area contributed by atoms with E-state index in [9.17, 15) is 9.59 Å². The lowest BCUT2D eigenvalue weighted by Gasteiger charge is -2.22.